The van der Waals surface area contributed by atoms with Crippen LogP contribution in [0.4, 0.5) is 4.39 Å². The monoisotopic (exact) mass is 350 g/mol. The lowest BCUT2D eigenvalue weighted by molar-refractivity contribution is 0.482. The third-order valence-corrected chi connectivity index (χ3v) is 4.74. The molecule has 1 aromatic carbocycles. The summed E-state index contributed by atoms with van der Waals surface area (Å²) in [4.78, 5) is -0.383. The Bertz CT molecular complexity index is 602. The molecule has 1 rings (SSSR count). The van der Waals surface area contributed by atoms with E-state index in [9.17, 15) is 12.8 Å². The van der Waals surface area contributed by atoms with E-state index in [0.29, 0.717) is 10.0 Å². The van der Waals surface area contributed by atoms with Crippen LogP contribution in [-0.2, 0) is 16.6 Å². The second-order valence-electron chi connectivity index (χ2n) is 4.30. The van der Waals surface area contributed by atoms with Gasteiger partial charge in [0, 0.05) is 30.2 Å². The Morgan fingerprint density at radius 1 is 1.53 bits per heavy atom. The fourth-order valence-electron chi connectivity index (χ4n) is 1.59. The number of sulfonamides is 1. The van der Waals surface area contributed by atoms with Gasteiger partial charge in [-0.25, -0.2) is 12.8 Å². The molecule has 106 valence electrons. The highest BCUT2D eigenvalue weighted by Crippen LogP contribution is 2.26. The second-order valence-corrected chi connectivity index (χ2v) is 7.23. The summed E-state index contributed by atoms with van der Waals surface area (Å²) >= 11 is 3.16. The van der Waals surface area contributed by atoms with Crippen molar-refractivity contribution in [2.24, 2.45) is 5.73 Å². The molecule has 0 amide bonds. The number of nitrogens with zero attached hydrogens (tertiary/aromatic N) is 1. The van der Waals surface area contributed by atoms with Gasteiger partial charge in [0.2, 0.25) is 10.0 Å². The molecule has 0 fully saturated rings. The number of likely N-dealkylation sites (N-methyl/N-ethyl adjacent to an activating group) is 1. The fourth-order valence-corrected chi connectivity index (χ4v) is 3.60. The minimum Gasteiger partial charge on any atom is -0.326 e. The Labute approximate surface area is 121 Å². The third kappa shape index (κ3) is 3.62. The summed E-state index contributed by atoms with van der Waals surface area (Å²) in [6.45, 7) is 5.41. The molecule has 19 heavy (non-hydrogen) atoms. The molecule has 0 aromatic heterocycles. The van der Waals surface area contributed by atoms with Crippen LogP contribution in [0.25, 0.3) is 0 Å². The molecule has 0 atom stereocenters. The molecule has 0 spiro atoms. The summed E-state index contributed by atoms with van der Waals surface area (Å²) < 4.78 is 40.2. The van der Waals surface area contributed by atoms with Gasteiger partial charge in [-0.1, -0.05) is 28.1 Å². The average molecular weight is 351 g/mol. The molecule has 0 aliphatic carbocycles. The van der Waals surface area contributed by atoms with Gasteiger partial charge in [0.1, 0.15) is 10.7 Å². The lowest BCUT2D eigenvalue weighted by atomic mass is 10.2. The Morgan fingerprint density at radius 3 is 2.58 bits per heavy atom. The first-order valence-electron chi connectivity index (χ1n) is 5.49. The Kier molecular flexibility index (Phi) is 5.26. The van der Waals surface area contributed by atoms with Crippen molar-refractivity contribution in [1.82, 2.24) is 4.31 Å². The molecule has 1 aromatic rings. The molecule has 0 radical (unpaired) electrons. The van der Waals surface area contributed by atoms with Crippen molar-refractivity contribution < 1.29 is 12.8 Å². The minimum absolute atomic E-state index is 0.0714. The topological polar surface area (TPSA) is 63.4 Å². The van der Waals surface area contributed by atoms with Gasteiger partial charge in [-0.3, -0.25) is 0 Å². The molecule has 2 N–H and O–H groups in total. The molecule has 0 saturated carbocycles. The summed E-state index contributed by atoms with van der Waals surface area (Å²) in [6, 6.07) is 2.70. The molecule has 4 nitrogen and oxygen atoms in total. The Morgan fingerprint density at radius 2 is 2.11 bits per heavy atom. The predicted molar refractivity (Wildman–Crippen MR) is 76.6 cm³/mol. The Hall–Kier alpha value is -0.760. The molecule has 0 heterocycles. The fraction of sp³-hybridized carbons (Fsp3) is 0.333. The van der Waals surface area contributed by atoms with Gasteiger partial charge < -0.3 is 5.73 Å². The number of hydrogen-bond acceptors (Lipinski definition) is 3. The first-order chi connectivity index (χ1) is 8.70. The maximum atomic E-state index is 14.1. The second kappa shape index (κ2) is 6.13. The number of halogens is 2. The highest BCUT2D eigenvalue weighted by molar-refractivity contribution is 9.10. The van der Waals surface area contributed by atoms with Crippen LogP contribution >= 0.6 is 15.9 Å². The largest absolute Gasteiger partial charge is 0.326 e. The van der Waals surface area contributed by atoms with Crippen LogP contribution in [0.2, 0.25) is 0 Å². The quantitative estimate of drug-likeness (QED) is 0.828. The zero-order valence-electron chi connectivity index (χ0n) is 10.8. The van der Waals surface area contributed by atoms with Crippen molar-refractivity contribution in [3.05, 3.63) is 40.1 Å². The molecular formula is C12H16BrFN2O2S. The van der Waals surface area contributed by atoms with Crippen LogP contribution in [0.3, 0.4) is 0 Å². The summed E-state index contributed by atoms with van der Waals surface area (Å²) in [5, 5.41) is 0. The summed E-state index contributed by atoms with van der Waals surface area (Å²) in [7, 11) is -2.53. The Balaban J connectivity index is 3.36. The molecular weight excluding hydrogens is 335 g/mol. The van der Waals surface area contributed by atoms with Gasteiger partial charge in [-0.05, 0) is 19.1 Å². The van der Waals surface area contributed by atoms with E-state index in [4.69, 9.17) is 5.73 Å². The molecule has 0 aliphatic heterocycles. The SMILES string of the molecule is C=C(C)CN(C)S(=O)(=O)c1cc(Br)cc(CN)c1F. The molecule has 0 saturated heterocycles. The predicted octanol–water partition coefficient (Wildman–Crippen LogP) is 2.24. The van der Waals surface area contributed by atoms with Crippen molar-refractivity contribution in [3.63, 3.8) is 0 Å². The van der Waals surface area contributed by atoms with Gasteiger partial charge in [-0.2, -0.15) is 4.31 Å². The van der Waals surface area contributed by atoms with Crippen LogP contribution in [-0.4, -0.2) is 26.3 Å². The van der Waals surface area contributed by atoms with E-state index in [1.54, 1.807) is 6.92 Å². The smallest absolute Gasteiger partial charge is 0.246 e. The van der Waals surface area contributed by atoms with Gasteiger partial charge in [0.05, 0.1) is 0 Å². The van der Waals surface area contributed by atoms with E-state index < -0.39 is 15.8 Å². The first kappa shape index (κ1) is 16.3. The van der Waals surface area contributed by atoms with Crippen LogP contribution < -0.4 is 5.73 Å². The third-order valence-electron chi connectivity index (χ3n) is 2.48. The van der Waals surface area contributed by atoms with E-state index in [1.807, 2.05) is 0 Å². The first-order valence-corrected chi connectivity index (χ1v) is 7.72. The van der Waals surface area contributed by atoms with Crippen molar-refractivity contribution in [1.29, 1.82) is 0 Å². The average Bonchev–Trinajstić information content (AvgIpc) is 2.30. The normalized spacial score (nSPS) is 11.9. The maximum Gasteiger partial charge on any atom is 0.246 e. The highest BCUT2D eigenvalue weighted by Gasteiger charge is 2.26. The summed E-state index contributed by atoms with van der Waals surface area (Å²) in [5.74, 6) is -0.806. The molecule has 0 aliphatic rings. The van der Waals surface area contributed by atoms with Crippen molar-refractivity contribution in [2.75, 3.05) is 13.6 Å². The standard InChI is InChI=1S/C12H16BrFN2O2S/c1-8(2)7-16(3)19(17,18)11-5-10(13)4-9(6-15)12(11)14/h4-5H,1,6-7,15H2,2-3H3. The maximum absolute atomic E-state index is 14.1. The minimum atomic E-state index is -3.91. The summed E-state index contributed by atoms with van der Waals surface area (Å²) in [5.41, 5.74) is 6.22. The lowest BCUT2D eigenvalue weighted by Gasteiger charge is -2.18. The van der Waals surface area contributed by atoms with Crippen LogP contribution in [0.1, 0.15) is 12.5 Å². The number of nitrogens with two attached hydrogens (primary N) is 1. The van der Waals surface area contributed by atoms with Crippen molar-refractivity contribution >= 4 is 26.0 Å². The number of hydrogen-bond donors (Lipinski definition) is 1. The number of benzene rings is 1. The van der Waals surface area contributed by atoms with Crippen molar-refractivity contribution in [2.45, 2.75) is 18.4 Å². The van der Waals surface area contributed by atoms with Crippen LogP contribution in [0.5, 0.6) is 0 Å². The lowest BCUT2D eigenvalue weighted by Crippen LogP contribution is -2.29. The zero-order valence-corrected chi connectivity index (χ0v) is 13.2. The number of rotatable bonds is 5. The van der Waals surface area contributed by atoms with Crippen LogP contribution in [0, 0.1) is 5.82 Å². The van der Waals surface area contributed by atoms with E-state index in [0.717, 1.165) is 4.31 Å². The summed E-state index contributed by atoms with van der Waals surface area (Å²) in [6.07, 6.45) is 0. The van der Waals surface area contributed by atoms with Gasteiger partial charge in [-0.15, -0.1) is 0 Å². The highest BCUT2D eigenvalue weighted by atomic mass is 79.9. The van der Waals surface area contributed by atoms with Crippen molar-refractivity contribution in [3.8, 4) is 0 Å². The van der Waals surface area contributed by atoms with Gasteiger partial charge in [0.15, 0.2) is 0 Å². The van der Waals surface area contributed by atoms with Gasteiger partial charge in [0.25, 0.3) is 0 Å². The van der Waals surface area contributed by atoms with Gasteiger partial charge >= 0.3 is 0 Å². The zero-order chi connectivity index (χ0) is 14.8. The van der Waals surface area contributed by atoms with E-state index in [-0.39, 0.29) is 23.5 Å². The molecule has 0 bridgehead atoms. The van der Waals surface area contributed by atoms with Crippen LogP contribution in [0.15, 0.2) is 33.7 Å². The molecule has 0 unspecified atom stereocenters. The van der Waals surface area contributed by atoms with E-state index in [1.165, 1.54) is 19.2 Å². The van der Waals surface area contributed by atoms with E-state index >= 15 is 0 Å². The van der Waals surface area contributed by atoms with E-state index in [2.05, 4.69) is 22.5 Å². The molecule has 7 heteroatoms.